The number of carbonyl (C=O) groups excluding carboxylic acids is 1. The predicted molar refractivity (Wildman–Crippen MR) is 80.4 cm³/mol. The number of furan rings is 1. The number of ether oxygens (including phenoxy) is 1. The molecule has 4 nitrogen and oxygen atoms in total. The van der Waals surface area contributed by atoms with Crippen molar-refractivity contribution in [2.75, 3.05) is 0 Å². The van der Waals surface area contributed by atoms with Crippen molar-refractivity contribution in [2.24, 2.45) is 4.99 Å². The Morgan fingerprint density at radius 3 is 2.57 bits per heavy atom. The second kappa shape index (κ2) is 5.63. The van der Waals surface area contributed by atoms with Crippen LogP contribution in [0.3, 0.4) is 0 Å². The highest BCUT2D eigenvalue weighted by atomic mass is 16.6. The smallest absolute Gasteiger partial charge is 0.363 e. The molecule has 0 fully saturated rings. The molecule has 0 amide bonds. The van der Waals surface area contributed by atoms with Gasteiger partial charge in [0.1, 0.15) is 11.5 Å². The first kappa shape index (κ1) is 13.1. The van der Waals surface area contributed by atoms with Gasteiger partial charge in [-0.2, -0.15) is 0 Å². The summed E-state index contributed by atoms with van der Waals surface area (Å²) in [5.41, 5.74) is 1.24. The number of aryl methyl sites for hydroxylation is 1. The highest BCUT2D eigenvalue weighted by molar-refractivity contribution is 6.11. The maximum absolute atomic E-state index is 11.7. The standard InChI is InChI=1S/C17H13NO3/c1-12-7-9-14(20-12)11-15-17(19)21-16(18-15)10-8-13-5-3-2-4-6-13/h2-11H,1H3/b10-8+,15-11+. The van der Waals surface area contributed by atoms with Crippen LogP contribution >= 0.6 is 0 Å². The Morgan fingerprint density at radius 2 is 1.86 bits per heavy atom. The first-order valence-electron chi connectivity index (χ1n) is 6.53. The molecular formula is C17H13NO3. The molecule has 0 N–H and O–H groups in total. The number of carbonyl (C=O) groups is 1. The zero-order valence-electron chi connectivity index (χ0n) is 11.4. The minimum absolute atomic E-state index is 0.233. The fraction of sp³-hybridized carbons (Fsp3) is 0.0588. The fourth-order valence-electron chi connectivity index (χ4n) is 1.89. The molecule has 0 bridgehead atoms. The van der Waals surface area contributed by atoms with Gasteiger partial charge in [0.2, 0.25) is 5.90 Å². The van der Waals surface area contributed by atoms with Gasteiger partial charge in [0.05, 0.1) is 0 Å². The molecule has 3 rings (SSSR count). The van der Waals surface area contributed by atoms with Gasteiger partial charge >= 0.3 is 5.97 Å². The van der Waals surface area contributed by atoms with Gasteiger partial charge in [-0.25, -0.2) is 9.79 Å². The van der Waals surface area contributed by atoms with Crippen LogP contribution in [0.1, 0.15) is 17.1 Å². The minimum atomic E-state index is -0.475. The summed E-state index contributed by atoms with van der Waals surface area (Å²) in [6.45, 7) is 1.84. The lowest BCUT2D eigenvalue weighted by molar-refractivity contribution is -0.129. The van der Waals surface area contributed by atoms with E-state index in [1.54, 1.807) is 18.2 Å². The predicted octanol–water partition coefficient (Wildman–Crippen LogP) is 3.60. The van der Waals surface area contributed by atoms with Crippen LogP contribution in [-0.4, -0.2) is 11.9 Å². The Kier molecular flexibility index (Phi) is 3.51. The van der Waals surface area contributed by atoms with Gasteiger partial charge in [-0.1, -0.05) is 30.3 Å². The third kappa shape index (κ3) is 3.17. The van der Waals surface area contributed by atoms with Gasteiger partial charge in [0.25, 0.3) is 0 Å². The van der Waals surface area contributed by atoms with E-state index in [1.165, 1.54) is 0 Å². The molecule has 0 radical (unpaired) electrons. The molecule has 2 aromatic rings. The highest BCUT2D eigenvalue weighted by Crippen LogP contribution is 2.18. The lowest BCUT2D eigenvalue weighted by Gasteiger charge is -1.92. The molecule has 0 saturated carbocycles. The number of nitrogens with zero attached hydrogens (tertiary/aromatic N) is 1. The number of cyclic esters (lactones) is 1. The topological polar surface area (TPSA) is 51.8 Å². The zero-order valence-corrected chi connectivity index (χ0v) is 11.4. The Bertz CT molecular complexity index is 751. The monoisotopic (exact) mass is 279 g/mol. The SMILES string of the molecule is Cc1ccc(/C=C2N=C(/C=C/c3ccccc3)OC/2=O)o1. The van der Waals surface area contributed by atoms with Crippen LogP contribution in [0.15, 0.2) is 63.6 Å². The van der Waals surface area contributed by atoms with Crippen molar-refractivity contribution in [3.63, 3.8) is 0 Å². The first-order chi connectivity index (χ1) is 10.2. The van der Waals surface area contributed by atoms with Crippen LogP contribution in [-0.2, 0) is 9.53 Å². The number of hydrogen-bond donors (Lipinski definition) is 0. The van der Waals surface area contributed by atoms with Gasteiger partial charge < -0.3 is 9.15 Å². The number of benzene rings is 1. The molecule has 0 aliphatic carbocycles. The van der Waals surface area contributed by atoms with Gasteiger partial charge in [0, 0.05) is 12.2 Å². The van der Waals surface area contributed by atoms with Gasteiger partial charge in [0.15, 0.2) is 5.70 Å². The average Bonchev–Trinajstić information content (AvgIpc) is 3.05. The normalized spacial score (nSPS) is 16.5. The van der Waals surface area contributed by atoms with E-state index in [0.717, 1.165) is 11.3 Å². The van der Waals surface area contributed by atoms with Crippen molar-refractivity contribution < 1.29 is 13.9 Å². The van der Waals surface area contributed by atoms with E-state index in [2.05, 4.69) is 4.99 Å². The molecule has 104 valence electrons. The van der Waals surface area contributed by atoms with Gasteiger partial charge in [-0.3, -0.25) is 0 Å². The van der Waals surface area contributed by atoms with E-state index in [1.807, 2.05) is 49.4 Å². The Hall–Kier alpha value is -2.88. The van der Waals surface area contributed by atoms with Crippen LogP contribution in [0.25, 0.3) is 12.2 Å². The summed E-state index contributed by atoms with van der Waals surface area (Å²) in [5, 5.41) is 0. The van der Waals surface area contributed by atoms with Crippen LogP contribution < -0.4 is 0 Å². The van der Waals surface area contributed by atoms with Crippen LogP contribution in [0, 0.1) is 6.92 Å². The van der Waals surface area contributed by atoms with E-state index >= 15 is 0 Å². The summed E-state index contributed by atoms with van der Waals surface area (Å²) in [7, 11) is 0. The molecule has 1 aromatic carbocycles. The largest absolute Gasteiger partial charge is 0.462 e. The van der Waals surface area contributed by atoms with E-state index in [-0.39, 0.29) is 11.6 Å². The molecule has 21 heavy (non-hydrogen) atoms. The van der Waals surface area contributed by atoms with E-state index < -0.39 is 5.97 Å². The maximum atomic E-state index is 11.7. The molecule has 0 saturated heterocycles. The number of rotatable bonds is 3. The van der Waals surface area contributed by atoms with Crippen molar-refractivity contribution in [2.45, 2.75) is 6.92 Å². The van der Waals surface area contributed by atoms with E-state index in [0.29, 0.717) is 5.76 Å². The summed E-state index contributed by atoms with van der Waals surface area (Å²) in [6.07, 6.45) is 5.08. The van der Waals surface area contributed by atoms with Crippen LogP contribution in [0.5, 0.6) is 0 Å². The third-order valence-corrected chi connectivity index (χ3v) is 2.90. The van der Waals surface area contributed by atoms with Crippen molar-refractivity contribution >= 4 is 24.0 Å². The second-order valence-corrected chi connectivity index (χ2v) is 4.56. The number of esters is 1. The van der Waals surface area contributed by atoms with Crippen molar-refractivity contribution in [1.82, 2.24) is 0 Å². The molecular weight excluding hydrogens is 266 g/mol. The lowest BCUT2D eigenvalue weighted by atomic mass is 10.2. The van der Waals surface area contributed by atoms with E-state index in [9.17, 15) is 4.79 Å². The summed E-state index contributed by atoms with van der Waals surface area (Å²) in [4.78, 5) is 15.9. The van der Waals surface area contributed by atoms with Crippen molar-refractivity contribution in [1.29, 1.82) is 0 Å². The van der Waals surface area contributed by atoms with Crippen molar-refractivity contribution in [3.05, 3.63) is 71.3 Å². The summed E-state index contributed by atoms with van der Waals surface area (Å²) in [5.74, 6) is 1.16. The number of hydrogen-bond acceptors (Lipinski definition) is 4. The number of aliphatic imine (C=N–C) groups is 1. The summed E-state index contributed by atoms with van der Waals surface area (Å²) in [6, 6.07) is 13.3. The molecule has 1 aromatic heterocycles. The van der Waals surface area contributed by atoms with Gasteiger partial charge in [-0.05, 0) is 30.7 Å². The Morgan fingerprint density at radius 1 is 1.05 bits per heavy atom. The zero-order chi connectivity index (χ0) is 14.7. The molecule has 0 atom stereocenters. The molecule has 1 aliphatic rings. The maximum Gasteiger partial charge on any atom is 0.363 e. The molecule has 0 spiro atoms. The third-order valence-electron chi connectivity index (χ3n) is 2.90. The van der Waals surface area contributed by atoms with Crippen molar-refractivity contribution in [3.8, 4) is 0 Å². The lowest BCUT2D eigenvalue weighted by Crippen LogP contribution is -2.00. The Balaban J connectivity index is 1.79. The second-order valence-electron chi connectivity index (χ2n) is 4.56. The van der Waals surface area contributed by atoms with Gasteiger partial charge in [-0.15, -0.1) is 0 Å². The van der Waals surface area contributed by atoms with E-state index in [4.69, 9.17) is 9.15 Å². The van der Waals surface area contributed by atoms with Crippen LogP contribution in [0.4, 0.5) is 0 Å². The summed E-state index contributed by atoms with van der Waals surface area (Å²) < 4.78 is 10.5. The molecule has 2 heterocycles. The highest BCUT2D eigenvalue weighted by Gasteiger charge is 2.21. The molecule has 1 aliphatic heterocycles. The molecule has 0 unspecified atom stereocenters. The Labute approximate surface area is 122 Å². The summed E-state index contributed by atoms with van der Waals surface area (Å²) >= 11 is 0. The molecule has 4 heteroatoms. The minimum Gasteiger partial charge on any atom is -0.462 e. The average molecular weight is 279 g/mol. The quantitative estimate of drug-likeness (QED) is 0.637. The first-order valence-corrected chi connectivity index (χ1v) is 6.53. The fourth-order valence-corrected chi connectivity index (χ4v) is 1.89. The van der Waals surface area contributed by atoms with Crippen LogP contribution in [0.2, 0.25) is 0 Å².